The zero-order chi connectivity index (χ0) is 17.8. The number of carbonyl (C=O) groups excluding carboxylic acids is 1. The molecule has 4 rings (SSSR count). The lowest BCUT2D eigenvalue weighted by molar-refractivity contribution is -0.117. The average Bonchev–Trinajstić information content (AvgIpc) is 2.68. The molecule has 0 bridgehead atoms. The summed E-state index contributed by atoms with van der Waals surface area (Å²) in [5.74, 6) is 0.491. The molecule has 1 heterocycles. The number of ether oxygens (including phenoxy) is 1. The van der Waals surface area contributed by atoms with E-state index < -0.39 is 0 Å². The van der Waals surface area contributed by atoms with Gasteiger partial charge in [-0.15, -0.1) is 0 Å². The molecule has 0 saturated carbocycles. The summed E-state index contributed by atoms with van der Waals surface area (Å²) in [6.07, 6.45) is 6.18. The number of hydrogen-bond donors (Lipinski definition) is 1. The summed E-state index contributed by atoms with van der Waals surface area (Å²) in [6.45, 7) is 0. The highest BCUT2D eigenvalue weighted by Gasteiger charge is 2.26. The second-order valence-corrected chi connectivity index (χ2v) is 6.29. The molecule has 26 heavy (non-hydrogen) atoms. The van der Waals surface area contributed by atoms with Crippen molar-refractivity contribution in [1.82, 2.24) is 9.97 Å². The first kappa shape index (κ1) is 16.3. The van der Waals surface area contributed by atoms with Crippen LogP contribution < -0.4 is 10.1 Å². The molecule has 2 aromatic carbocycles. The van der Waals surface area contributed by atoms with Crippen molar-refractivity contribution in [2.75, 3.05) is 5.32 Å². The van der Waals surface area contributed by atoms with Gasteiger partial charge in [0.2, 0.25) is 5.91 Å². The molecule has 0 fully saturated rings. The molecule has 1 aromatic heterocycles. The number of rotatable bonds is 4. The summed E-state index contributed by atoms with van der Waals surface area (Å²) in [6, 6.07) is 17.5. The second-order valence-electron chi connectivity index (χ2n) is 6.29. The first-order chi connectivity index (χ1) is 12.8. The first-order valence-electron chi connectivity index (χ1n) is 8.73. The molecule has 1 amide bonds. The van der Waals surface area contributed by atoms with E-state index in [1.807, 2.05) is 30.3 Å². The number of amides is 1. The molecule has 3 aromatic rings. The summed E-state index contributed by atoms with van der Waals surface area (Å²) < 4.78 is 5.63. The normalized spacial score (nSPS) is 15.8. The smallest absolute Gasteiger partial charge is 0.321 e. The molecule has 0 saturated heterocycles. The summed E-state index contributed by atoms with van der Waals surface area (Å²) in [5.41, 5.74) is 3.12. The van der Waals surface area contributed by atoms with Gasteiger partial charge in [0, 0.05) is 24.1 Å². The fourth-order valence-corrected chi connectivity index (χ4v) is 3.34. The van der Waals surface area contributed by atoms with Crippen molar-refractivity contribution in [2.24, 2.45) is 0 Å². The molecule has 0 aliphatic heterocycles. The Balaban J connectivity index is 1.49. The predicted molar refractivity (Wildman–Crippen MR) is 99.3 cm³/mol. The van der Waals surface area contributed by atoms with Gasteiger partial charge in [0.15, 0.2) is 0 Å². The summed E-state index contributed by atoms with van der Waals surface area (Å²) in [4.78, 5) is 20.9. The molecule has 130 valence electrons. The zero-order valence-electron chi connectivity index (χ0n) is 14.3. The minimum atomic E-state index is -0.109. The summed E-state index contributed by atoms with van der Waals surface area (Å²) in [5, 5.41) is 3.02. The van der Waals surface area contributed by atoms with Gasteiger partial charge in [-0.05, 0) is 48.6 Å². The third-order valence-corrected chi connectivity index (χ3v) is 4.54. The highest BCUT2D eigenvalue weighted by Crippen LogP contribution is 2.32. The maximum absolute atomic E-state index is 12.8. The molecule has 0 unspecified atom stereocenters. The first-order valence-corrected chi connectivity index (χ1v) is 8.73. The number of nitrogens with one attached hydrogen (secondary N) is 1. The topological polar surface area (TPSA) is 64.1 Å². The number of nitrogens with zero attached hydrogens (tertiary/aromatic N) is 2. The lowest BCUT2D eigenvalue weighted by Gasteiger charge is -2.24. The van der Waals surface area contributed by atoms with Crippen LogP contribution in [-0.2, 0) is 11.2 Å². The van der Waals surface area contributed by atoms with Gasteiger partial charge in [-0.2, -0.15) is 0 Å². The Morgan fingerprint density at radius 1 is 1.04 bits per heavy atom. The van der Waals surface area contributed by atoms with Crippen LogP contribution in [0.5, 0.6) is 11.8 Å². The van der Waals surface area contributed by atoms with Gasteiger partial charge in [0.05, 0.1) is 5.92 Å². The SMILES string of the molecule is O=C(Nc1cccc(Oc2ncccn2)c1)[C@@H]1CCCc2ccccc21. The van der Waals surface area contributed by atoms with Crippen molar-refractivity contribution in [3.8, 4) is 11.8 Å². The van der Waals surface area contributed by atoms with Gasteiger partial charge >= 0.3 is 6.01 Å². The van der Waals surface area contributed by atoms with Gasteiger partial charge in [-0.25, -0.2) is 9.97 Å². The monoisotopic (exact) mass is 345 g/mol. The minimum absolute atomic E-state index is 0.0188. The van der Waals surface area contributed by atoms with E-state index in [-0.39, 0.29) is 17.8 Å². The van der Waals surface area contributed by atoms with Crippen molar-refractivity contribution >= 4 is 11.6 Å². The van der Waals surface area contributed by atoms with Crippen molar-refractivity contribution in [3.63, 3.8) is 0 Å². The third-order valence-electron chi connectivity index (χ3n) is 4.54. The van der Waals surface area contributed by atoms with Crippen molar-refractivity contribution in [1.29, 1.82) is 0 Å². The van der Waals surface area contributed by atoms with Gasteiger partial charge in [0.25, 0.3) is 0 Å². The van der Waals surface area contributed by atoms with Gasteiger partial charge in [-0.3, -0.25) is 4.79 Å². The van der Waals surface area contributed by atoms with Crippen LogP contribution in [0.4, 0.5) is 5.69 Å². The molecule has 1 atom stereocenters. The van der Waals surface area contributed by atoms with Crippen molar-refractivity contribution < 1.29 is 9.53 Å². The van der Waals surface area contributed by atoms with Crippen LogP contribution in [0.1, 0.15) is 29.9 Å². The zero-order valence-corrected chi connectivity index (χ0v) is 14.3. The molecule has 5 heteroatoms. The lowest BCUT2D eigenvalue weighted by Crippen LogP contribution is -2.24. The number of aryl methyl sites for hydroxylation is 1. The van der Waals surface area contributed by atoms with Crippen molar-refractivity contribution in [3.05, 3.63) is 78.1 Å². The van der Waals surface area contributed by atoms with E-state index in [0.717, 1.165) is 24.8 Å². The summed E-state index contributed by atoms with van der Waals surface area (Å²) in [7, 11) is 0. The maximum atomic E-state index is 12.8. The molecule has 0 spiro atoms. The van der Waals surface area contributed by atoms with Crippen LogP contribution in [0.2, 0.25) is 0 Å². The Morgan fingerprint density at radius 3 is 2.77 bits per heavy atom. The van der Waals surface area contributed by atoms with E-state index in [2.05, 4.69) is 27.4 Å². The van der Waals surface area contributed by atoms with E-state index in [9.17, 15) is 4.79 Å². The molecule has 0 radical (unpaired) electrons. The fraction of sp³-hybridized carbons (Fsp3) is 0.190. The molecule has 1 aliphatic rings. The number of fused-ring (bicyclic) bond motifs is 1. The number of benzene rings is 2. The van der Waals surface area contributed by atoms with Crippen molar-refractivity contribution in [2.45, 2.75) is 25.2 Å². The largest absolute Gasteiger partial charge is 0.424 e. The van der Waals surface area contributed by atoms with Crippen LogP contribution in [0.15, 0.2) is 67.0 Å². The summed E-state index contributed by atoms with van der Waals surface area (Å²) >= 11 is 0. The Morgan fingerprint density at radius 2 is 1.88 bits per heavy atom. The molecule has 5 nitrogen and oxygen atoms in total. The fourth-order valence-electron chi connectivity index (χ4n) is 3.34. The van der Waals surface area contributed by atoms with E-state index in [0.29, 0.717) is 11.4 Å². The standard InChI is InChI=1S/C21H19N3O2/c25-20(19-11-3-7-15-6-1-2-10-18(15)19)24-16-8-4-9-17(14-16)26-21-22-12-5-13-23-21/h1-2,4-6,8-10,12-14,19H,3,7,11H2,(H,24,25)/t19-/m1/s1. The Kier molecular flexibility index (Phi) is 4.60. The predicted octanol–water partition coefficient (Wildman–Crippen LogP) is 4.33. The van der Waals surface area contributed by atoms with Gasteiger partial charge in [-0.1, -0.05) is 30.3 Å². The highest BCUT2D eigenvalue weighted by molar-refractivity contribution is 5.96. The number of anilines is 1. The highest BCUT2D eigenvalue weighted by atomic mass is 16.5. The quantitative estimate of drug-likeness (QED) is 0.764. The van der Waals surface area contributed by atoms with E-state index in [1.165, 1.54) is 5.56 Å². The lowest BCUT2D eigenvalue weighted by atomic mass is 9.82. The van der Waals surface area contributed by atoms with Crippen LogP contribution >= 0.6 is 0 Å². The van der Waals surface area contributed by atoms with Crippen LogP contribution in [0.25, 0.3) is 0 Å². The Labute approximate surface area is 152 Å². The number of carbonyl (C=O) groups is 1. The molecule has 1 aliphatic carbocycles. The minimum Gasteiger partial charge on any atom is -0.424 e. The third kappa shape index (κ3) is 3.57. The number of hydrogen-bond acceptors (Lipinski definition) is 4. The van der Waals surface area contributed by atoms with Crippen LogP contribution in [0, 0.1) is 0 Å². The van der Waals surface area contributed by atoms with Gasteiger partial charge in [0.1, 0.15) is 5.75 Å². The van der Waals surface area contributed by atoms with E-state index >= 15 is 0 Å². The maximum Gasteiger partial charge on any atom is 0.321 e. The molecule has 1 N–H and O–H groups in total. The second kappa shape index (κ2) is 7.35. The van der Waals surface area contributed by atoms with Gasteiger partial charge < -0.3 is 10.1 Å². The Hall–Kier alpha value is -3.21. The average molecular weight is 345 g/mol. The number of aromatic nitrogens is 2. The van der Waals surface area contributed by atoms with E-state index in [1.54, 1.807) is 24.5 Å². The Bertz CT molecular complexity index is 912. The molecular weight excluding hydrogens is 326 g/mol. The van der Waals surface area contributed by atoms with E-state index in [4.69, 9.17) is 4.74 Å². The van der Waals surface area contributed by atoms with Crippen LogP contribution in [0.3, 0.4) is 0 Å². The van der Waals surface area contributed by atoms with Crippen LogP contribution in [-0.4, -0.2) is 15.9 Å². The molecular formula is C21H19N3O2.